The molecule has 5 N–H and O–H groups in total. The van der Waals surface area contributed by atoms with Crippen molar-refractivity contribution in [3.63, 3.8) is 0 Å². The molecule has 13 heteroatoms. The second kappa shape index (κ2) is 11.5. The highest BCUT2D eigenvalue weighted by Gasteiger charge is 2.26. The first-order valence-electron chi connectivity index (χ1n) is 14.1. The number of benzene rings is 1. The van der Waals surface area contributed by atoms with Crippen LogP contribution in [0.4, 0.5) is 23.3 Å². The summed E-state index contributed by atoms with van der Waals surface area (Å²) in [5.74, 6) is -0.0117. The maximum Gasteiger partial charge on any atom is 0.254 e. The van der Waals surface area contributed by atoms with Crippen LogP contribution in [0.25, 0.3) is 11.7 Å². The number of rotatable bonds is 11. The number of hydrogen-bond acceptors (Lipinski definition) is 10. The summed E-state index contributed by atoms with van der Waals surface area (Å²) < 4.78 is 1.60. The van der Waals surface area contributed by atoms with Crippen LogP contribution in [0.1, 0.15) is 54.4 Å². The summed E-state index contributed by atoms with van der Waals surface area (Å²) in [5, 5.41) is 19.6. The molecule has 6 rings (SSSR count). The predicted molar refractivity (Wildman–Crippen MR) is 155 cm³/mol. The molecule has 1 saturated carbocycles. The van der Waals surface area contributed by atoms with Crippen molar-refractivity contribution in [1.82, 2.24) is 35.1 Å². The zero-order valence-corrected chi connectivity index (χ0v) is 23.0. The summed E-state index contributed by atoms with van der Waals surface area (Å²) in [7, 11) is 1.79. The summed E-state index contributed by atoms with van der Waals surface area (Å²) in [5.41, 5.74) is 3.41. The molecular formula is C28H34N10O3. The molecule has 0 bridgehead atoms. The third-order valence-corrected chi connectivity index (χ3v) is 7.46. The number of aromatic nitrogens is 4. The normalized spacial score (nSPS) is 18.2. The molecule has 214 valence electrons. The minimum atomic E-state index is -0.410. The number of carbonyl (C=O) groups is 3. The first-order valence-corrected chi connectivity index (χ1v) is 14.1. The van der Waals surface area contributed by atoms with E-state index >= 15 is 0 Å². The molecule has 0 atom stereocenters. The molecule has 0 spiro atoms. The fraction of sp³-hybridized carbons (Fsp3) is 0.429. The number of likely N-dealkylation sites (tertiary alicyclic amines) is 1. The molecule has 1 aromatic carbocycles. The van der Waals surface area contributed by atoms with E-state index in [1.807, 2.05) is 6.07 Å². The molecule has 4 heterocycles. The van der Waals surface area contributed by atoms with Gasteiger partial charge in [0.1, 0.15) is 0 Å². The van der Waals surface area contributed by atoms with Gasteiger partial charge in [0.15, 0.2) is 5.65 Å². The van der Waals surface area contributed by atoms with Crippen molar-refractivity contribution >= 4 is 52.7 Å². The van der Waals surface area contributed by atoms with Crippen molar-refractivity contribution in [3.05, 3.63) is 41.1 Å². The summed E-state index contributed by atoms with van der Waals surface area (Å²) >= 11 is 0. The summed E-state index contributed by atoms with van der Waals surface area (Å²) in [6.45, 7) is 3.95. The molecule has 2 aromatic heterocycles. The minimum absolute atomic E-state index is 0.0173. The maximum absolute atomic E-state index is 12.8. The van der Waals surface area contributed by atoms with Crippen molar-refractivity contribution in [2.75, 3.05) is 49.2 Å². The molecule has 1 aliphatic carbocycles. The van der Waals surface area contributed by atoms with Crippen LogP contribution >= 0.6 is 0 Å². The number of hydrogen-bond donors (Lipinski definition) is 5. The second-order valence-corrected chi connectivity index (χ2v) is 10.6. The van der Waals surface area contributed by atoms with Crippen molar-refractivity contribution < 1.29 is 14.4 Å². The van der Waals surface area contributed by atoms with Crippen LogP contribution in [0.3, 0.4) is 0 Å². The van der Waals surface area contributed by atoms with Gasteiger partial charge in [-0.1, -0.05) is 0 Å². The second-order valence-electron chi connectivity index (χ2n) is 10.6. The Morgan fingerprint density at radius 3 is 2.71 bits per heavy atom. The van der Waals surface area contributed by atoms with Gasteiger partial charge in [0.25, 0.3) is 11.8 Å². The highest BCUT2D eigenvalue weighted by molar-refractivity contribution is 6.15. The van der Waals surface area contributed by atoms with Crippen molar-refractivity contribution in [1.29, 1.82) is 0 Å². The van der Waals surface area contributed by atoms with Crippen molar-refractivity contribution in [2.24, 2.45) is 0 Å². The smallest absolute Gasteiger partial charge is 0.254 e. The van der Waals surface area contributed by atoms with E-state index in [0.717, 1.165) is 38.9 Å². The number of fused-ring (bicyclic) bond motifs is 1. The van der Waals surface area contributed by atoms with Crippen LogP contribution in [-0.4, -0.2) is 81.5 Å². The number of nitrogens with zero attached hydrogens (tertiary/aromatic N) is 5. The van der Waals surface area contributed by atoms with E-state index in [1.54, 1.807) is 36.0 Å². The molecular weight excluding hydrogens is 524 g/mol. The lowest BCUT2D eigenvalue weighted by atomic mass is 10.1. The third kappa shape index (κ3) is 6.14. The highest BCUT2D eigenvalue weighted by atomic mass is 16.2. The summed E-state index contributed by atoms with van der Waals surface area (Å²) in [6, 6.07) is 5.70. The molecule has 2 aliphatic heterocycles. The van der Waals surface area contributed by atoms with E-state index < -0.39 is 5.91 Å². The lowest BCUT2D eigenvalue weighted by molar-refractivity contribution is -0.124. The Balaban J connectivity index is 1.21. The van der Waals surface area contributed by atoms with Gasteiger partial charge in [-0.05, 0) is 76.0 Å². The molecule has 3 aromatic rings. The number of imide groups is 1. The van der Waals surface area contributed by atoms with Crippen LogP contribution in [0.5, 0.6) is 0 Å². The molecule has 2 saturated heterocycles. The van der Waals surface area contributed by atoms with Crippen molar-refractivity contribution in [2.45, 2.75) is 44.6 Å². The van der Waals surface area contributed by atoms with Gasteiger partial charge < -0.3 is 26.2 Å². The van der Waals surface area contributed by atoms with Crippen LogP contribution in [0.2, 0.25) is 0 Å². The largest absolute Gasteiger partial charge is 0.386 e. The number of anilines is 4. The van der Waals surface area contributed by atoms with E-state index in [1.165, 1.54) is 12.8 Å². The van der Waals surface area contributed by atoms with E-state index in [9.17, 15) is 14.4 Å². The Labute approximate surface area is 237 Å². The Hall–Kier alpha value is -4.52. The Morgan fingerprint density at radius 2 is 1.98 bits per heavy atom. The van der Waals surface area contributed by atoms with Gasteiger partial charge in [-0.3, -0.25) is 19.7 Å². The molecule has 0 unspecified atom stereocenters. The summed E-state index contributed by atoms with van der Waals surface area (Å²) in [4.78, 5) is 48.4. The van der Waals surface area contributed by atoms with Gasteiger partial charge in [-0.15, -0.1) is 0 Å². The van der Waals surface area contributed by atoms with Crippen molar-refractivity contribution in [3.8, 4) is 0 Å². The van der Waals surface area contributed by atoms with E-state index in [2.05, 4.69) is 46.6 Å². The molecule has 0 radical (unpaired) electrons. The third-order valence-electron chi connectivity index (χ3n) is 7.46. The quantitative estimate of drug-likeness (QED) is 0.134. The van der Waals surface area contributed by atoms with Gasteiger partial charge >= 0.3 is 0 Å². The minimum Gasteiger partial charge on any atom is -0.386 e. The fourth-order valence-electron chi connectivity index (χ4n) is 5.10. The van der Waals surface area contributed by atoms with E-state index in [-0.39, 0.29) is 18.2 Å². The lowest BCUT2D eigenvalue weighted by Crippen LogP contribution is -2.28. The van der Waals surface area contributed by atoms with Gasteiger partial charge in [0.05, 0.1) is 24.0 Å². The first-order chi connectivity index (χ1) is 20.0. The summed E-state index contributed by atoms with van der Waals surface area (Å²) in [6.07, 6.45) is 8.79. The molecule has 3 aliphatic rings. The maximum atomic E-state index is 12.8. The van der Waals surface area contributed by atoms with Crippen LogP contribution in [0.15, 0.2) is 30.0 Å². The monoisotopic (exact) mass is 558 g/mol. The van der Waals surface area contributed by atoms with Gasteiger partial charge in [-0.25, -0.2) is 0 Å². The standard InChI is InChI=1S/C28H34N10O3/c1-29-22-14-17(25(40)30-9-4-12-37-10-2-3-11-37)5-8-21(22)33-27-35-24-19(13-18-15-23(39)34-26(18)41)16-31-38(24)28(36-27)32-20-6-7-20/h5,8,13-14,16,20,29H,2-4,6-7,9-12,15H2,1H3,(H,30,40)(H,34,39,41)(H2,32,33,35,36)/b18-13+. The number of amides is 3. The molecule has 41 heavy (non-hydrogen) atoms. The number of nitrogens with one attached hydrogen (secondary N) is 5. The zero-order valence-electron chi connectivity index (χ0n) is 23.0. The zero-order chi connectivity index (χ0) is 28.3. The average Bonchev–Trinajstić information content (AvgIpc) is 3.30. The van der Waals surface area contributed by atoms with Gasteiger partial charge in [0, 0.05) is 36.3 Å². The van der Waals surface area contributed by atoms with E-state index in [0.29, 0.717) is 58.2 Å². The van der Waals surface area contributed by atoms with Crippen LogP contribution < -0.4 is 26.6 Å². The van der Waals surface area contributed by atoms with E-state index in [4.69, 9.17) is 0 Å². The Bertz CT molecular complexity index is 1520. The Kier molecular flexibility index (Phi) is 7.51. The average molecular weight is 559 g/mol. The Morgan fingerprint density at radius 1 is 1.15 bits per heavy atom. The fourth-order valence-corrected chi connectivity index (χ4v) is 5.10. The molecule has 3 fully saturated rings. The van der Waals surface area contributed by atoms with Gasteiger partial charge in [-0.2, -0.15) is 19.6 Å². The topological polar surface area (TPSA) is 158 Å². The highest BCUT2D eigenvalue weighted by Crippen LogP contribution is 2.29. The predicted octanol–water partition coefficient (Wildman–Crippen LogP) is 2.13. The first kappa shape index (κ1) is 26.7. The van der Waals surface area contributed by atoms with Crippen LogP contribution in [-0.2, 0) is 9.59 Å². The number of carbonyl (C=O) groups excluding carboxylic acids is 3. The van der Waals surface area contributed by atoms with Crippen LogP contribution in [0, 0.1) is 0 Å². The molecule has 13 nitrogen and oxygen atoms in total. The van der Waals surface area contributed by atoms with Gasteiger partial charge in [0.2, 0.25) is 17.8 Å². The molecule has 3 amide bonds. The lowest BCUT2D eigenvalue weighted by Gasteiger charge is -2.15. The SMILES string of the molecule is CNc1cc(C(=O)NCCCN2CCCC2)ccc1Nc1nc(NC2CC2)n2ncc(/C=C3\CC(=O)NC3=O)c2n1.